The SMILES string of the molecule is CN=C(NCCNC(=O)c1ccc(Cl)cc1)N1CCN(c2ccccn2)CC1. The number of carbonyl (C=O) groups excluding carboxylic acids is 1. The van der Waals surface area contributed by atoms with Crippen molar-refractivity contribution in [1.29, 1.82) is 0 Å². The minimum absolute atomic E-state index is 0.113. The molecule has 0 spiro atoms. The van der Waals surface area contributed by atoms with Crippen LogP contribution in [0.25, 0.3) is 0 Å². The van der Waals surface area contributed by atoms with E-state index < -0.39 is 0 Å². The van der Waals surface area contributed by atoms with Crippen molar-refractivity contribution in [3.8, 4) is 0 Å². The summed E-state index contributed by atoms with van der Waals surface area (Å²) in [6.07, 6.45) is 1.82. The Bertz CT molecular complexity index is 788. The molecule has 0 bridgehead atoms. The van der Waals surface area contributed by atoms with Gasteiger partial charge in [-0.15, -0.1) is 0 Å². The molecular weight excluding hydrogens is 376 g/mol. The van der Waals surface area contributed by atoms with Crippen molar-refractivity contribution in [2.24, 2.45) is 4.99 Å². The number of pyridine rings is 1. The summed E-state index contributed by atoms with van der Waals surface area (Å²) >= 11 is 5.85. The van der Waals surface area contributed by atoms with Crippen LogP contribution in [0.2, 0.25) is 5.02 Å². The Morgan fingerprint density at radius 2 is 1.79 bits per heavy atom. The Balaban J connectivity index is 1.40. The standard InChI is InChI=1S/C20H25ClN6O/c1-22-20(25-11-10-24-19(28)16-5-7-17(21)8-6-16)27-14-12-26(13-15-27)18-4-2-3-9-23-18/h2-9H,10-15H2,1H3,(H,22,25)(H,24,28). The molecule has 3 rings (SSSR count). The monoisotopic (exact) mass is 400 g/mol. The minimum atomic E-state index is -0.113. The average Bonchev–Trinajstić information content (AvgIpc) is 2.75. The maximum atomic E-state index is 12.1. The van der Waals surface area contributed by atoms with E-state index in [4.69, 9.17) is 11.6 Å². The van der Waals surface area contributed by atoms with Gasteiger partial charge in [0, 0.05) is 63.1 Å². The van der Waals surface area contributed by atoms with E-state index in [2.05, 4.69) is 30.4 Å². The summed E-state index contributed by atoms with van der Waals surface area (Å²) in [6.45, 7) is 4.64. The third kappa shape index (κ3) is 5.36. The number of nitrogens with zero attached hydrogens (tertiary/aromatic N) is 4. The molecule has 0 radical (unpaired) electrons. The van der Waals surface area contributed by atoms with Crippen molar-refractivity contribution < 1.29 is 4.79 Å². The van der Waals surface area contributed by atoms with Crippen LogP contribution in [-0.2, 0) is 0 Å². The summed E-state index contributed by atoms with van der Waals surface area (Å²) in [7, 11) is 1.78. The van der Waals surface area contributed by atoms with Crippen molar-refractivity contribution >= 4 is 29.3 Å². The molecule has 8 heteroatoms. The number of guanidine groups is 1. The van der Waals surface area contributed by atoms with Crippen LogP contribution in [0.4, 0.5) is 5.82 Å². The highest BCUT2D eigenvalue weighted by molar-refractivity contribution is 6.30. The first kappa shape index (κ1) is 19.9. The predicted molar refractivity (Wildman–Crippen MR) is 113 cm³/mol. The zero-order valence-corrected chi connectivity index (χ0v) is 16.7. The molecule has 1 aromatic heterocycles. The Morgan fingerprint density at radius 3 is 2.43 bits per heavy atom. The van der Waals surface area contributed by atoms with Gasteiger partial charge in [-0.25, -0.2) is 4.98 Å². The maximum Gasteiger partial charge on any atom is 0.251 e. The molecule has 0 atom stereocenters. The number of aromatic nitrogens is 1. The predicted octanol–water partition coefficient (Wildman–Crippen LogP) is 1.86. The number of benzene rings is 1. The van der Waals surface area contributed by atoms with Crippen LogP contribution in [0.5, 0.6) is 0 Å². The van der Waals surface area contributed by atoms with E-state index in [0.717, 1.165) is 38.0 Å². The van der Waals surface area contributed by atoms with Crippen LogP contribution >= 0.6 is 11.6 Å². The highest BCUT2D eigenvalue weighted by Gasteiger charge is 2.20. The largest absolute Gasteiger partial charge is 0.354 e. The number of piperazine rings is 1. The molecule has 28 heavy (non-hydrogen) atoms. The fourth-order valence-corrected chi connectivity index (χ4v) is 3.20. The van der Waals surface area contributed by atoms with Gasteiger partial charge in [0.2, 0.25) is 0 Å². The molecule has 2 aromatic rings. The number of carbonyl (C=O) groups is 1. The summed E-state index contributed by atoms with van der Waals surface area (Å²) in [6, 6.07) is 12.8. The lowest BCUT2D eigenvalue weighted by Crippen LogP contribution is -2.53. The van der Waals surface area contributed by atoms with E-state index in [0.29, 0.717) is 23.7 Å². The van der Waals surface area contributed by atoms with E-state index in [1.54, 1.807) is 31.3 Å². The average molecular weight is 401 g/mol. The second kappa shape index (κ2) is 9.94. The molecule has 2 heterocycles. The van der Waals surface area contributed by atoms with Crippen LogP contribution in [0.3, 0.4) is 0 Å². The van der Waals surface area contributed by atoms with Gasteiger partial charge in [0.05, 0.1) is 0 Å². The molecule has 1 fully saturated rings. The minimum Gasteiger partial charge on any atom is -0.354 e. The Kier molecular flexibility index (Phi) is 7.08. The molecule has 2 N–H and O–H groups in total. The zero-order valence-electron chi connectivity index (χ0n) is 15.9. The van der Waals surface area contributed by atoms with Crippen molar-refractivity contribution in [1.82, 2.24) is 20.5 Å². The second-order valence-electron chi connectivity index (χ2n) is 6.40. The summed E-state index contributed by atoms with van der Waals surface area (Å²) in [4.78, 5) is 25.4. The number of hydrogen-bond donors (Lipinski definition) is 2. The molecule has 0 unspecified atom stereocenters. The van der Waals surface area contributed by atoms with E-state index >= 15 is 0 Å². The highest BCUT2D eigenvalue weighted by atomic mass is 35.5. The van der Waals surface area contributed by atoms with Gasteiger partial charge in [-0.1, -0.05) is 17.7 Å². The van der Waals surface area contributed by atoms with Gasteiger partial charge >= 0.3 is 0 Å². The Morgan fingerprint density at radius 1 is 1.07 bits per heavy atom. The number of hydrogen-bond acceptors (Lipinski definition) is 4. The van der Waals surface area contributed by atoms with Crippen LogP contribution in [0.1, 0.15) is 10.4 Å². The lowest BCUT2D eigenvalue weighted by molar-refractivity contribution is 0.0954. The molecule has 7 nitrogen and oxygen atoms in total. The molecule has 1 amide bonds. The van der Waals surface area contributed by atoms with Gasteiger partial charge < -0.3 is 20.4 Å². The number of aliphatic imine (C=N–C) groups is 1. The highest BCUT2D eigenvalue weighted by Crippen LogP contribution is 2.12. The van der Waals surface area contributed by atoms with Gasteiger partial charge in [0.25, 0.3) is 5.91 Å². The number of halogens is 1. The van der Waals surface area contributed by atoms with Crippen LogP contribution in [-0.4, -0.2) is 68.1 Å². The summed E-state index contributed by atoms with van der Waals surface area (Å²) in [5.74, 6) is 1.74. The van der Waals surface area contributed by atoms with Crippen LogP contribution < -0.4 is 15.5 Å². The van der Waals surface area contributed by atoms with E-state index in [1.807, 2.05) is 24.4 Å². The molecule has 1 aromatic carbocycles. The molecule has 148 valence electrons. The molecular formula is C20H25ClN6O. The number of amides is 1. The third-order valence-electron chi connectivity index (χ3n) is 4.56. The topological polar surface area (TPSA) is 72.9 Å². The van der Waals surface area contributed by atoms with E-state index in [-0.39, 0.29) is 5.91 Å². The first-order valence-electron chi connectivity index (χ1n) is 9.33. The first-order chi connectivity index (χ1) is 13.7. The number of anilines is 1. The van der Waals surface area contributed by atoms with Gasteiger partial charge in [-0.2, -0.15) is 0 Å². The van der Waals surface area contributed by atoms with Gasteiger partial charge in [-0.05, 0) is 36.4 Å². The quantitative estimate of drug-likeness (QED) is 0.455. The maximum absolute atomic E-state index is 12.1. The first-order valence-corrected chi connectivity index (χ1v) is 9.70. The van der Waals surface area contributed by atoms with Crippen LogP contribution in [0, 0.1) is 0 Å². The van der Waals surface area contributed by atoms with E-state index in [1.165, 1.54) is 0 Å². The van der Waals surface area contributed by atoms with Crippen molar-refractivity contribution in [2.45, 2.75) is 0 Å². The summed E-state index contributed by atoms with van der Waals surface area (Å²) in [5.41, 5.74) is 0.597. The van der Waals surface area contributed by atoms with Crippen molar-refractivity contribution in [2.75, 3.05) is 51.2 Å². The van der Waals surface area contributed by atoms with E-state index in [9.17, 15) is 4.79 Å². The Hall–Kier alpha value is -2.80. The van der Waals surface area contributed by atoms with Crippen molar-refractivity contribution in [3.05, 3.63) is 59.2 Å². The number of rotatable bonds is 5. The molecule has 1 aliphatic heterocycles. The van der Waals surface area contributed by atoms with Crippen LogP contribution in [0.15, 0.2) is 53.7 Å². The number of nitrogens with one attached hydrogen (secondary N) is 2. The normalized spacial score (nSPS) is 14.7. The lowest BCUT2D eigenvalue weighted by Gasteiger charge is -2.37. The smallest absolute Gasteiger partial charge is 0.251 e. The zero-order chi connectivity index (χ0) is 19.8. The fraction of sp³-hybridized carbons (Fsp3) is 0.350. The van der Waals surface area contributed by atoms with Gasteiger partial charge in [0.15, 0.2) is 5.96 Å². The summed E-state index contributed by atoms with van der Waals surface area (Å²) < 4.78 is 0. The van der Waals surface area contributed by atoms with Gasteiger partial charge in [0.1, 0.15) is 5.82 Å². The van der Waals surface area contributed by atoms with Crippen molar-refractivity contribution in [3.63, 3.8) is 0 Å². The molecule has 0 aliphatic carbocycles. The Labute approximate surface area is 170 Å². The lowest BCUT2D eigenvalue weighted by atomic mass is 10.2. The molecule has 0 saturated carbocycles. The third-order valence-corrected chi connectivity index (χ3v) is 4.82. The second-order valence-corrected chi connectivity index (χ2v) is 6.84. The fourth-order valence-electron chi connectivity index (χ4n) is 3.07. The molecule has 1 aliphatic rings. The van der Waals surface area contributed by atoms with Gasteiger partial charge in [-0.3, -0.25) is 9.79 Å². The molecule has 1 saturated heterocycles. The summed E-state index contributed by atoms with van der Waals surface area (Å²) in [5, 5.41) is 6.83.